The minimum Gasteiger partial charge on any atom is -0.497 e. The number of thiazole rings is 1. The van der Waals surface area contributed by atoms with Crippen LogP contribution in [0.4, 0.5) is 0 Å². The molecule has 2 aromatic rings. The zero-order chi connectivity index (χ0) is 15.4. The standard InChI is InChI=1S/C15H19N3O2S/c1-9(16)15-18-13(8-21-15)14(19)17-10(2)11-5-4-6-12(7-11)20-3/h4-10H,16H2,1-3H3,(H,17,19)/t9?,10-/m1/s1. The molecule has 0 aliphatic carbocycles. The highest BCUT2D eigenvalue weighted by atomic mass is 32.1. The first-order valence-corrected chi connectivity index (χ1v) is 7.55. The topological polar surface area (TPSA) is 77.2 Å². The highest BCUT2D eigenvalue weighted by molar-refractivity contribution is 7.09. The van der Waals surface area contributed by atoms with Crippen molar-refractivity contribution in [1.29, 1.82) is 0 Å². The van der Waals surface area contributed by atoms with Gasteiger partial charge in [0.25, 0.3) is 5.91 Å². The van der Waals surface area contributed by atoms with Crippen molar-refractivity contribution < 1.29 is 9.53 Å². The van der Waals surface area contributed by atoms with Crippen molar-refractivity contribution in [3.05, 3.63) is 45.9 Å². The number of hydrogen-bond donors (Lipinski definition) is 2. The van der Waals surface area contributed by atoms with Crippen molar-refractivity contribution in [2.75, 3.05) is 7.11 Å². The summed E-state index contributed by atoms with van der Waals surface area (Å²) < 4.78 is 5.19. The Hall–Kier alpha value is -1.92. The number of aromatic nitrogens is 1. The number of nitrogens with two attached hydrogens (primary N) is 1. The largest absolute Gasteiger partial charge is 0.497 e. The maximum absolute atomic E-state index is 12.2. The van der Waals surface area contributed by atoms with E-state index in [0.717, 1.165) is 16.3 Å². The predicted octanol–water partition coefficient (Wildman–Crippen LogP) is 2.66. The van der Waals surface area contributed by atoms with E-state index in [2.05, 4.69) is 10.3 Å². The van der Waals surface area contributed by atoms with Crippen molar-refractivity contribution in [3.8, 4) is 5.75 Å². The lowest BCUT2D eigenvalue weighted by atomic mass is 10.1. The number of ether oxygens (including phenoxy) is 1. The van der Waals surface area contributed by atoms with Gasteiger partial charge in [-0.05, 0) is 31.5 Å². The second-order valence-corrected chi connectivity index (χ2v) is 5.72. The molecule has 21 heavy (non-hydrogen) atoms. The van der Waals surface area contributed by atoms with E-state index < -0.39 is 0 Å². The van der Waals surface area contributed by atoms with Crippen molar-refractivity contribution in [1.82, 2.24) is 10.3 Å². The molecule has 1 aromatic heterocycles. The average molecular weight is 305 g/mol. The summed E-state index contributed by atoms with van der Waals surface area (Å²) >= 11 is 1.40. The minimum absolute atomic E-state index is 0.131. The first-order chi connectivity index (χ1) is 10.0. The summed E-state index contributed by atoms with van der Waals surface area (Å²) in [5.74, 6) is 0.565. The zero-order valence-electron chi connectivity index (χ0n) is 12.3. The van der Waals surface area contributed by atoms with Crippen LogP contribution < -0.4 is 15.8 Å². The van der Waals surface area contributed by atoms with Gasteiger partial charge in [-0.2, -0.15) is 0 Å². The maximum atomic E-state index is 12.2. The third-order valence-electron chi connectivity index (χ3n) is 3.09. The zero-order valence-corrected chi connectivity index (χ0v) is 13.1. The summed E-state index contributed by atoms with van der Waals surface area (Å²) in [6.07, 6.45) is 0. The Balaban J connectivity index is 2.07. The highest BCUT2D eigenvalue weighted by Gasteiger charge is 2.16. The second kappa shape index (κ2) is 6.69. The van der Waals surface area contributed by atoms with E-state index in [9.17, 15) is 4.79 Å². The molecule has 1 unspecified atom stereocenters. The van der Waals surface area contributed by atoms with Gasteiger partial charge in [-0.3, -0.25) is 4.79 Å². The third-order valence-corrected chi connectivity index (χ3v) is 4.13. The molecule has 2 rings (SSSR count). The summed E-state index contributed by atoms with van der Waals surface area (Å²) in [6, 6.07) is 7.32. The summed E-state index contributed by atoms with van der Waals surface area (Å²) in [5, 5.41) is 5.41. The molecule has 112 valence electrons. The van der Waals surface area contributed by atoms with Crippen LogP contribution in [-0.4, -0.2) is 18.0 Å². The number of rotatable bonds is 5. The van der Waals surface area contributed by atoms with Crippen molar-refractivity contribution >= 4 is 17.2 Å². The molecule has 2 atom stereocenters. The SMILES string of the molecule is COc1cccc([C@@H](C)NC(=O)c2csc(C(C)N)n2)c1. The van der Waals surface area contributed by atoms with Gasteiger partial charge in [0, 0.05) is 5.38 Å². The van der Waals surface area contributed by atoms with E-state index in [1.807, 2.05) is 38.1 Å². The Bertz CT molecular complexity index is 625. The van der Waals surface area contributed by atoms with E-state index >= 15 is 0 Å². The molecular weight excluding hydrogens is 286 g/mol. The summed E-state index contributed by atoms with van der Waals surface area (Å²) in [4.78, 5) is 16.4. The molecule has 0 saturated heterocycles. The normalized spacial score (nSPS) is 13.5. The monoisotopic (exact) mass is 305 g/mol. The number of nitrogens with one attached hydrogen (secondary N) is 1. The molecule has 0 fully saturated rings. The molecule has 0 aliphatic rings. The Labute approximate surface area is 128 Å². The van der Waals surface area contributed by atoms with Gasteiger partial charge in [0.05, 0.1) is 19.2 Å². The lowest BCUT2D eigenvalue weighted by Gasteiger charge is -2.14. The van der Waals surface area contributed by atoms with Crippen LogP contribution in [0.25, 0.3) is 0 Å². The van der Waals surface area contributed by atoms with Crippen LogP contribution in [0.2, 0.25) is 0 Å². The first-order valence-electron chi connectivity index (χ1n) is 6.67. The van der Waals surface area contributed by atoms with E-state index in [4.69, 9.17) is 10.5 Å². The van der Waals surface area contributed by atoms with Gasteiger partial charge >= 0.3 is 0 Å². The number of amides is 1. The second-order valence-electron chi connectivity index (χ2n) is 4.83. The van der Waals surface area contributed by atoms with E-state index in [1.165, 1.54) is 11.3 Å². The fourth-order valence-corrected chi connectivity index (χ4v) is 2.62. The fourth-order valence-electron chi connectivity index (χ4n) is 1.87. The Morgan fingerprint density at radius 3 is 2.81 bits per heavy atom. The van der Waals surface area contributed by atoms with Crippen molar-refractivity contribution in [3.63, 3.8) is 0 Å². The Morgan fingerprint density at radius 1 is 1.43 bits per heavy atom. The van der Waals surface area contributed by atoms with Gasteiger partial charge < -0.3 is 15.8 Å². The van der Waals surface area contributed by atoms with Crippen LogP contribution >= 0.6 is 11.3 Å². The van der Waals surface area contributed by atoms with E-state index in [0.29, 0.717) is 5.69 Å². The molecule has 0 radical (unpaired) electrons. The van der Waals surface area contributed by atoms with Crippen LogP contribution in [0.15, 0.2) is 29.6 Å². The van der Waals surface area contributed by atoms with Gasteiger partial charge in [0.2, 0.25) is 0 Å². The van der Waals surface area contributed by atoms with Crippen LogP contribution in [0, 0.1) is 0 Å². The Kier molecular flexibility index (Phi) is 4.93. The van der Waals surface area contributed by atoms with Crippen molar-refractivity contribution in [2.24, 2.45) is 5.73 Å². The number of methoxy groups -OCH3 is 1. The van der Waals surface area contributed by atoms with E-state index in [1.54, 1.807) is 12.5 Å². The summed E-state index contributed by atoms with van der Waals surface area (Å²) in [5.41, 5.74) is 7.14. The molecule has 0 aliphatic heterocycles. The molecule has 0 saturated carbocycles. The molecular formula is C15H19N3O2S. The highest BCUT2D eigenvalue weighted by Crippen LogP contribution is 2.20. The van der Waals surface area contributed by atoms with Gasteiger partial charge in [0.15, 0.2) is 0 Å². The summed E-state index contributed by atoms with van der Waals surface area (Å²) in [6.45, 7) is 3.77. The fraction of sp³-hybridized carbons (Fsp3) is 0.333. The predicted molar refractivity (Wildman–Crippen MR) is 83.6 cm³/mol. The molecule has 3 N–H and O–H groups in total. The minimum atomic E-state index is -0.200. The van der Waals surface area contributed by atoms with E-state index in [-0.39, 0.29) is 18.0 Å². The number of carbonyl (C=O) groups is 1. The van der Waals surface area contributed by atoms with Gasteiger partial charge in [-0.25, -0.2) is 4.98 Å². The number of nitrogens with zero attached hydrogens (tertiary/aromatic N) is 1. The molecule has 5 nitrogen and oxygen atoms in total. The van der Waals surface area contributed by atoms with Crippen molar-refractivity contribution in [2.45, 2.75) is 25.9 Å². The lowest BCUT2D eigenvalue weighted by molar-refractivity contribution is 0.0935. The van der Waals surface area contributed by atoms with Crippen LogP contribution in [0.5, 0.6) is 5.75 Å². The quantitative estimate of drug-likeness (QED) is 0.890. The number of hydrogen-bond acceptors (Lipinski definition) is 5. The number of carbonyl (C=O) groups excluding carboxylic acids is 1. The molecule has 0 spiro atoms. The molecule has 1 amide bonds. The van der Waals surface area contributed by atoms with Crippen LogP contribution in [-0.2, 0) is 0 Å². The lowest BCUT2D eigenvalue weighted by Crippen LogP contribution is -2.27. The molecule has 1 heterocycles. The van der Waals surface area contributed by atoms with Gasteiger partial charge in [0.1, 0.15) is 16.5 Å². The van der Waals surface area contributed by atoms with Crippen LogP contribution in [0.3, 0.4) is 0 Å². The van der Waals surface area contributed by atoms with Gasteiger partial charge in [-0.15, -0.1) is 11.3 Å². The molecule has 0 bridgehead atoms. The summed E-state index contributed by atoms with van der Waals surface area (Å²) in [7, 11) is 1.62. The van der Waals surface area contributed by atoms with Crippen LogP contribution in [0.1, 0.15) is 47.0 Å². The first kappa shape index (κ1) is 15.5. The smallest absolute Gasteiger partial charge is 0.271 e. The van der Waals surface area contributed by atoms with Gasteiger partial charge in [-0.1, -0.05) is 12.1 Å². The molecule has 1 aromatic carbocycles. The molecule has 6 heteroatoms. The average Bonchev–Trinajstić information content (AvgIpc) is 2.97. The Morgan fingerprint density at radius 2 is 2.19 bits per heavy atom. The third kappa shape index (κ3) is 3.80. The maximum Gasteiger partial charge on any atom is 0.271 e. The number of benzene rings is 1.